The van der Waals surface area contributed by atoms with E-state index >= 15 is 0 Å². The molecule has 2 rings (SSSR count). The maximum absolute atomic E-state index is 13.3. The van der Waals surface area contributed by atoms with Gasteiger partial charge in [0, 0.05) is 22.3 Å². The maximum Gasteiger partial charge on any atom is 0.272 e. The Bertz CT molecular complexity index is 703. The van der Waals surface area contributed by atoms with Crippen LogP contribution in [0.25, 0.3) is 0 Å². The Morgan fingerprint density at radius 3 is 2.71 bits per heavy atom. The second-order valence-corrected chi connectivity index (χ2v) is 5.50. The zero-order chi connectivity index (χ0) is 15.4. The van der Waals surface area contributed by atoms with E-state index in [1.54, 1.807) is 18.2 Å². The summed E-state index contributed by atoms with van der Waals surface area (Å²) in [7, 11) is 0. The Balaban J connectivity index is 2.14. The lowest BCUT2D eigenvalue weighted by Gasteiger charge is -2.04. The van der Waals surface area contributed by atoms with Crippen molar-refractivity contribution < 1.29 is 14.1 Å². The van der Waals surface area contributed by atoms with Gasteiger partial charge in [-0.1, -0.05) is 12.1 Å². The fourth-order valence-electron chi connectivity index (χ4n) is 1.79. The Hall–Kier alpha value is -2.21. The van der Waals surface area contributed by atoms with Gasteiger partial charge in [0.05, 0.1) is 11.0 Å². The SMILES string of the molecule is CC(=O)c1cccc(SCc2cc(F)cc([N+](=O)[O-])c2)c1. The minimum absolute atomic E-state index is 0.0288. The third-order valence-electron chi connectivity index (χ3n) is 2.80. The van der Waals surface area contributed by atoms with Crippen molar-refractivity contribution in [3.63, 3.8) is 0 Å². The molecule has 0 aromatic heterocycles. The van der Waals surface area contributed by atoms with E-state index < -0.39 is 10.7 Å². The highest BCUT2D eigenvalue weighted by atomic mass is 32.2. The van der Waals surface area contributed by atoms with Crippen LogP contribution in [-0.4, -0.2) is 10.7 Å². The van der Waals surface area contributed by atoms with Crippen LogP contribution < -0.4 is 0 Å². The lowest BCUT2D eigenvalue weighted by molar-refractivity contribution is -0.385. The Labute approximate surface area is 125 Å². The van der Waals surface area contributed by atoms with Crippen LogP contribution in [0, 0.1) is 15.9 Å². The van der Waals surface area contributed by atoms with Crippen molar-refractivity contribution in [2.45, 2.75) is 17.6 Å². The summed E-state index contributed by atoms with van der Waals surface area (Å²) in [6, 6.07) is 10.6. The standard InChI is InChI=1S/C15H12FNO3S/c1-10(18)12-3-2-4-15(7-12)21-9-11-5-13(16)8-14(6-11)17(19)20/h2-8H,9H2,1H3. The van der Waals surface area contributed by atoms with Crippen molar-refractivity contribution in [3.8, 4) is 0 Å². The van der Waals surface area contributed by atoms with Gasteiger partial charge >= 0.3 is 0 Å². The summed E-state index contributed by atoms with van der Waals surface area (Å²) in [5.41, 5.74) is 0.869. The largest absolute Gasteiger partial charge is 0.295 e. The minimum atomic E-state index is -0.628. The van der Waals surface area contributed by atoms with Crippen molar-refractivity contribution in [3.05, 3.63) is 69.5 Å². The summed E-state index contributed by atoms with van der Waals surface area (Å²) < 4.78 is 13.3. The molecule has 0 radical (unpaired) electrons. The first-order valence-electron chi connectivity index (χ1n) is 6.13. The van der Waals surface area contributed by atoms with Gasteiger partial charge in [-0.2, -0.15) is 0 Å². The first-order valence-corrected chi connectivity index (χ1v) is 7.12. The number of Topliss-reactive ketones (excluding diaryl/α,β-unsaturated/α-hetero) is 1. The molecule has 0 heterocycles. The molecule has 2 aromatic carbocycles. The van der Waals surface area contributed by atoms with E-state index in [4.69, 9.17) is 0 Å². The molecule has 0 spiro atoms. The number of carbonyl (C=O) groups excluding carboxylic acids is 1. The van der Waals surface area contributed by atoms with E-state index in [1.165, 1.54) is 30.8 Å². The van der Waals surface area contributed by atoms with Gasteiger partial charge in [0.15, 0.2) is 5.78 Å². The number of nitrogens with zero attached hydrogens (tertiary/aromatic N) is 1. The minimum Gasteiger partial charge on any atom is -0.295 e. The number of carbonyl (C=O) groups is 1. The second kappa shape index (κ2) is 6.49. The van der Waals surface area contributed by atoms with Crippen molar-refractivity contribution in [1.82, 2.24) is 0 Å². The van der Waals surface area contributed by atoms with E-state index in [-0.39, 0.29) is 11.5 Å². The van der Waals surface area contributed by atoms with E-state index in [9.17, 15) is 19.3 Å². The molecular formula is C15H12FNO3S. The Morgan fingerprint density at radius 2 is 2.05 bits per heavy atom. The van der Waals surface area contributed by atoms with Crippen molar-refractivity contribution >= 4 is 23.2 Å². The summed E-state index contributed by atoms with van der Waals surface area (Å²) >= 11 is 1.39. The highest BCUT2D eigenvalue weighted by Gasteiger charge is 2.10. The van der Waals surface area contributed by atoms with Crippen molar-refractivity contribution in [1.29, 1.82) is 0 Å². The molecule has 4 nitrogen and oxygen atoms in total. The average molecular weight is 305 g/mol. The van der Waals surface area contributed by atoms with E-state index in [2.05, 4.69) is 0 Å². The topological polar surface area (TPSA) is 60.2 Å². The number of thioether (sulfide) groups is 1. The molecule has 0 saturated heterocycles. The molecule has 0 aliphatic rings. The van der Waals surface area contributed by atoms with Gasteiger partial charge in [-0.15, -0.1) is 11.8 Å². The van der Waals surface area contributed by atoms with Gasteiger partial charge in [-0.05, 0) is 30.7 Å². The predicted molar refractivity (Wildman–Crippen MR) is 79.1 cm³/mol. The molecule has 0 N–H and O–H groups in total. The zero-order valence-electron chi connectivity index (χ0n) is 11.2. The highest BCUT2D eigenvalue weighted by molar-refractivity contribution is 7.98. The number of ketones is 1. The lowest BCUT2D eigenvalue weighted by Crippen LogP contribution is -1.93. The Kier molecular flexibility index (Phi) is 4.70. The lowest BCUT2D eigenvalue weighted by atomic mass is 10.2. The first kappa shape index (κ1) is 15.2. The summed E-state index contributed by atoms with van der Waals surface area (Å²) in [4.78, 5) is 22.2. The van der Waals surface area contributed by atoms with Gasteiger partial charge in [0.1, 0.15) is 5.82 Å². The van der Waals surface area contributed by atoms with Crippen molar-refractivity contribution in [2.24, 2.45) is 0 Å². The molecular weight excluding hydrogens is 293 g/mol. The fourth-order valence-corrected chi connectivity index (χ4v) is 2.68. The monoisotopic (exact) mass is 305 g/mol. The van der Waals surface area contributed by atoms with Crippen LogP contribution >= 0.6 is 11.8 Å². The van der Waals surface area contributed by atoms with E-state index in [0.717, 1.165) is 11.0 Å². The summed E-state index contributed by atoms with van der Waals surface area (Å²) in [5, 5.41) is 10.7. The van der Waals surface area contributed by atoms with Crippen LogP contribution in [0.1, 0.15) is 22.8 Å². The van der Waals surface area contributed by atoms with Gasteiger partial charge in [-0.25, -0.2) is 4.39 Å². The second-order valence-electron chi connectivity index (χ2n) is 4.45. The molecule has 0 saturated carbocycles. The molecule has 0 unspecified atom stereocenters. The maximum atomic E-state index is 13.3. The molecule has 2 aromatic rings. The summed E-state index contributed by atoms with van der Waals surface area (Å²) in [6.45, 7) is 1.49. The third kappa shape index (κ3) is 4.13. The fraction of sp³-hybridized carbons (Fsp3) is 0.133. The number of non-ortho nitro benzene ring substituents is 1. The van der Waals surface area contributed by atoms with Crippen LogP contribution in [-0.2, 0) is 5.75 Å². The number of benzene rings is 2. The first-order chi connectivity index (χ1) is 9.95. The number of nitro groups is 1. The molecule has 0 aliphatic carbocycles. The smallest absolute Gasteiger partial charge is 0.272 e. The van der Waals surface area contributed by atoms with E-state index in [1.807, 2.05) is 6.07 Å². The average Bonchev–Trinajstić information content (AvgIpc) is 2.45. The number of nitro benzene ring substituents is 1. The highest BCUT2D eigenvalue weighted by Crippen LogP contribution is 2.26. The summed E-state index contributed by atoms with van der Waals surface area (Å²) in [5.74, 6) is -0.268. The van der Waals surface area contributed by atoms with E-state index in [0.29, 0.717) is 16.9 Å². The zero-order valence-corrected chi connectivity index (χ0v) is 12.0. The Morgan fingerprint density at radius 1 is 1.29 bits per heavy atom. The molecule has 21 heavy (non-hydrogen) atoms. The molecule has 108 valence electrons. The number of hydrogen-bond donors (Lipinski definition) is 0. The molecule has 0 amide bonds. The normalized spacial score (nSPS) is 10.4. The number of rotatable bonds is 5. The van der Waals surface area contributed by atoms with Crippen LogP contribution in [0.4, 0.5) is 10.1 Å². The molecule has 0 aliphatic heterocycles. The summed E-state index contributed by atoms with van der Waals surface area (Å²) in [6.07, 6.45) is 0. The molecule has 0 atom stereocenters. The van der Waals surface area contributed by atoms with Gasteiger partial charge < -0.3 is 0 Å². The van der Waals surface area contributed by atoms with Crippen molar-refractivity contribution in [2.75, 3.05) is 0 Å². The number of halogens is 1. The van der Waals surface area contributed by atoms with Crippen LogP contribution in [0.5, 0.6) is 0 Å². The van der Waals surface area contributed by atoms with Crippen LogP contribution in [0.2, 0.25) is 0 Å². The molecule has 0 fully saturated rings. The van der Waals surface area contributed by atoms with Gasteiger partial charge in [0.25, 0.3) is 5.69 Å². The third-order valence-corrected chi connectivity index (χ3v) is 3.86. The quantitative estimate of drug-likeness (QED) is 0.359. The predicted octanol–water partition coefficient (Wildman–Crippen LogP) is 4.23. The van der Waals surface area contributed by atoms with Gasteiger partial charge in [-0.3, -0.25) is 14.9 Å². The van der Waals surface area contributed by atoms with Crippen LogP contribution in [0.3, 0.4) is 0 Å². The molecule has 6 heteroatoms. The number of hydrogen-bond acceptors (Lipinski definition) is 4. The molecule has 0 bridgehead atoms. The van der Waals surface area contributed by atoms with Gasteiger partial charge in [0.2, 0.25) is 0 Å². The van der Waals surface area contributed by atoms with Crippen LogP contribution in [0.15, 0.2) is 47.4 Å².